The fourth-order valence-electron chi connectivity index (χ4n) is 3.29. The van der Waals surface area contributed by atoms with E-state index in [0.29, 0.717) is 18.1 Å². The van der Waals surface area contributed by atoms with Crippen LogP contribution < -0.4 is 5.73 Å². The summed E-state index contributed by atoms with van der Waals surface area (Å²) in [5.41, 5.74) is 8.42. The Morgan fingerprint density at radius 1 is 0.960 bits per heavy atom. The van der Waals surface area contributed by atoms with Crippen LogP contribution in [0.25, 0.3) is 0 Å². The number of benzene rings is 2. The number of rotatable bonds is 5. The first kappa shape index (κ1) is 17.6. The number of halogens is 1. The van der Waals surface area contributed by atoms with E-state index in [1.807, 2.05) is 12.1 Å². The van der Waals surface area contributed by atoms with Crippen LogP contribution in [0.4, 0.5) is 0 Å². The fraction of sp³-hybridized carbons (Fsp3) is 0.300. The van der Waals surface area contributed by atoms with Crippen molar-refractivity contribution in [2.45, 2.75) is 37.1 Å². The summed E-state index contributed by atoms with van der Waals surface area (Å²) in [5.74, 6) is 1.50. The summed E-state index contributed by atoms with van der Waals surface area (Å²) in [5, 5.41) is 4.14. The van der Waals surface area contributed by atoms with Gasteiger partial charge in [-0.15, -0.1) is 12.4 Å². The summed E-state index contributed by atoms with van der Waals surface area (Å²) in [6.07, 6.45) is 3.69. The van der Waals surface area contributed by atoms with Crippen molar-refractivity contribution < 1.29 is 4.52 Å². The predicted molar refractivity (Wildman–Crippen MR) is 99.7 cm³/mol. The molecular formula is C20H22ClN3O. The lowest BCUT2D eigenvalue weighted by Crippen LogP contribution is -2.44. The highest BCUT2D eigenvalue weighted by molar-refractivity contribution is 5.85. The first-order valence-corrected chi connectivity index (χ1v) is 8.46. The van der Waals surface area contributed by atoms with Crippen LogP contribution in [-0.4, -0.2) is 10.1 Å². The summed E-state index contributed by atoms with van der Waals surface area (Å²) >= 11 is 0. The Morgan fingerprint density at radius 2 is 1.52 bits per heavy atom. The molecule has 2 aromatic carbocycles. The lowest BCUT2D eigenvalue weighted by atomic mass is 9.77. The fourth-order valence-corrected chi connectivity index (χ4v) is 3.29. The maximum atomic E-state index is 6.31. The monoisotopic (exact) mass is 355 g/mol. The molecule has 0 unspecified atom stereocenters. The molecule has 5 heteroatoms. The molecule has 4 rings (SSSR count). The zero-order valence-electron chi connectivity index (χ0n) is 14.0. The third-order valence-electron chi connectivity index (χ3n) is 4.94. The van der Waals surface area contributed by atoms with Gasteiger partial charge < -0.3 is 10.3 Å². The average Bonchev–Trinajstić information content (AvgIpc) is 3.08. The first-order chi connectivity index (χ1) is 11.7. The van der Waals surface area contributed by atoms with Crippen LogP contribution in [0.5, 0.6) is 0 Å². The molecule has 130 valence electrons. The third-order valence-corrected chi connectivity index (χ3v) is 4.94. The van der Waals surface area contributed by atoms with Gasteiger partial charge in [0.15, 0.2) is 5.82 Å². The Labute approximate surface area is 153 Å². The molecule has 1 saturated carbocycles. The lowest BCUT2D eigenvalue weighted by molar-refractivity contribution is 0.229. The molecule has 0 radical (unpaired) electrons. The maximum Gasteiger partial charge on any atom is 0.227 e. The lowest BCUT2D eigenvalue weighted by Gasteiger charge is -2.34. The molecule has 25 heavy (non-hydrogen) atoms. The molecule has 1 aliphatic carbocycles. The summed E-state index contributed by atoms with van der Waals surface area (Å²) in [6, 6.07) is 20.9. The molecule has 0 saturated heterocycles. The molecule has 3 aromatic rings. The smallest absolute Gasteiger partial charge is 0.227 e. The SMILES string of the molecule is Cl.NC1(c2noc(CC(c3ccccc3)c3ccccc3)n2)CCC1. The van der Waals surface area contributed by atoms with Gasteiger partial charge in [0, 0.05) is 12.3 Å². The molecule has 0 aliphatic heterocycles. The molecule has 1 heterocycles. The van der Waals surface area contributed by atoms with Gasteiger partial charge in [-0.2, -0.15) is 4.98 Å². The average molecular weight is 356 g/mol. The number of hydrogen-bond donors (Lipinski definition) is 1. The van der Waals surface area contributed by atoms with Crippen molar-refractivity contribution >= 4 is 12.4 Å². The summed E-state index contributed by atoms with van der Waals surface area (Å²) in [7, 11) is 0. The van der Waals surface area contributed by atoms with E-state index in [1.54, 1.807) is 0 Å². The van der Waals surface area contributed by atoms with Crippen molar-refractivity contribution in [2.75, 3.05) is 0 Å². The highest BCUT2D eigenvalue weighted by Crippen LogP contribution is 2.37. The molecule has 1 aromatic heterocycles. The second-order valence-electron chi connectivity index (χ2n) is 6.60. The minimum absolute atomic E-state index is 0. The number of aromatic nitrogens is 2. The summed E-state index contributed by atoms with van der Waals surface area (Å²) in [6.45, 7) is 0. The van der Waals surface area contributed by atoms with E-state index in [2.05, 4.69) is 58.7 Å². The van der Waals surface area contributed by atoms with E-state index in [0.717, 1.165) is 19.3 Å². The molecule has 4 nitrogen and oxygen atoms in total. The Hall–Kier alpha value is -2.17. The second-order valence-corrected chi connectivity index (χ2v) is 6.60. The highest BCUT2D eigenvalue weighted by atomic mass is 35.5. The third kappa shape index (κ3) is 3.60. The van der Waals surface area contributed by atoms with Crippen LogP contribution in [0.1, 0.15) is 48.0 Å². The second kappa shape index (κ2) is 7.38. The van der Waals surface area contributed by atoms with Crippen LogP contribution in [0.2, 0.25) is 0 Å². The minimum atomic E-state index is -0.378. The van der Waals surface area contributed by atoms with E-state index < -0.39 is 0 Å². The molecule has 1 fully saturated rings. The molecular weight excluding hydrogens is 334 g/mol. The van der Waals surface area contributed by atoms with Crippen molar-refractivity contribution in [3.63, 3.8) is 0 Å². The largest absolute Gasteiger partial charge is 0.339 e. The van der Waals surface area contributed by atoms with Gasteiger partial charge in [-0.25, -0.2) is 0 Å². The van der Waals surface area contributed by atoms with E-state index in [9.17, 15) is 0 Å². The normalized spacial score (nSPS) is 15.4. The molecule has 0 amide bonds. The standard InChI is InChI=1S/C20H21N3O.ClH/c21-20(12-7-13-20)19-22-18(24-23-19)14-17(15-8-3-1-4-9-15)16-10-5-2-6-11-16;/h1-6,8-11,17H,7,12-14,21H2;1H. The van der Waals surface area contributed by atoms with Gasteiger partial charge in [0.2, 0.25) is 5.89 Å². The van der Waals surface area contributed by atoms with E-state index >= 15 is 0 Å². The Balaban J connectivity index is 0.00000182. The van der Waals surface area contributed by atoms with Crippen molar-refractivity contribution in [3.05, 3.63) is 83.5 Å². The van der Waals surface area contributed by atoms with Crippen molar-refractivity contribution in [1.29, 1.82) is 0 Å². The van der Waals surface area contributed by atoms with Crippen LogP contribution in [0.3, 0.4) is 0 Å². The van der Waals surface area contributed by atoms with Crippen LogP contribution in [0, 0.1) is 0 Å². The quantitative estimate of drug-likeness (QED) is 0.744. The Morgan fingerprint density at radius 3 is 2.00 bits per heavy atom. The molecule has 1 aliphatic rings. The molecule has 0 spiro atoms. The van der Waals surface area contributed by atoms with Gasteiger partial charge >= 0.3 is 0 Å². The van der Waals surface area contributed by atoms with Crippen LogP contribution in [0.15, 0.2) is 65.2 Å². The highest BCUT2D eigenvalue weighted by Gasteiger charge is 2.39. The Kier molecular flexibility index (Phi) is 5.21. The molecule has 0 bridgehead atoms. The number of nitrogens with zero attached hydrogens (tertiary/aromatic N) is 2. The van der Waals surface area contributed by atoms with E-state index in [4.69, 9.17) is 10.3 Å². The van der Waals surface area contributed by atoms with Gasteiger partial charge in [0.1, 0.15) is 0 Å². The van der Waals surface area contributed by atoms with Crippen molar-refractivity contribution in [2.24, 2.45) is 5.73 Å². The first-order valence-electron chi connectivity index (χ1n) is 8.46. The van der Waals surface area contributed by atoms with Crippen molar-refractivity contribution in [3.8, 4) is 0 Å². The van der Waals surface area contributed by atoms with E-state index in [-0.39, 0.29) is 23.9 Å². The van der Waals surface area contributed by atoms with Gasteiger partial charge in [0.25, 0.3) is 0 Å². The molecule has 2 N–H and O–H groups in total. The van der Waals surface area contributed by atoms with Gasteiger partial charge in [-0.3, -0.25) is 0 Å². The van der Waals surface area contributed by atoms with Crippen LogP contribution >= 0.6 is 12.4 Å². The van der Waals surface area contributed by atoms with Gasteiger partial charge in [-0.1, -0.05) is 65.8 Å². The zero-order valence-corrected chi connectivity index (χ0v) is 14.8. The number of nitrogens with two attached hydrogens (primary N) is 1. The minimum Gasteiger partial charge on any atom is -0.339 e. The topological polar surface area (TPSA) is 64.9 Å². The van der Waals surface area contributed by atoms with E-state index in [1.165, 1.54) is 11.1 Å². The predicted octanol–water partition coefficient (Wildman–Crippen LogP) is 4.20. The number of hydrogen-bond acceptors (Lipinski definition) is 4. The maximum absolute atomic E-state index is 6.31. The van der Waals surface area contributed by atoms with Crippen molar-refractivity contribution in [1.82, 2.24) is 10.1 Å². The molecule has 0 atom stereocenters. The summed E-state index contributed by atoms with van der Waals surface area (Å²) < 4.78 is 5.52. The Bertz CT molecular complexity index is 761. The van der Waals surface area contributed by atoms with Gasteiger partial charge in [0.05, 0.1) is 5.54 Å². The van der Waals surface area contributed by atoms with Crippen LogP contribution in [-0.2, 0) is 12.0 Å². The van der Waals surface area contributed by atoms with Gasteiger partial charge in [-0.05, 0) is 30.4 Å². The summed E-state index contributed by atoms with van der Waals surface area (Å²) in [4.78, 5) is 4.59. The zero-order chi connectivity index (χ0) is 16.4.